The number of aryl methyl sites for hydroxylation is 3. The van der Waals surface area contributed by atoms with Crippen LogP contribution in [0.5, 0.6) is 0 Å². The van der Waals surface area contributed by atoms with E-state index in [1.54, 1.807) is 7.05 Å². The highest BCUT2D eigenvalue weighted by atomic mass is 16.4. The lowest BCUT2D eigenvalue weighted by atomic mass is 9.97. The number of carboxylic acid groups (broad SMARTS) is 1. The summed E-state index contributed by atoms with van der Waals surface area (Å²) < 4.78 is 3.22. The van der Waals surface area contributed by atoms with Crippen molar-refractivity contribution in [1.29, 1.82) is 0 Å². The smallest absolute Gasteiger partial charge is 0.339 e. The van der Waals surface area contributed by atoms with Gasteiger partial charge >= 0.3 is 5.97 Å². The molecule has 0 bridgehead atoms. The van der Waals surface area contributed by atoms with E-state index in [0.29, 0.717) is 12.5 Å². The first-order valence-corrected chi connectivity index (χ1v) is 9.52. The second-order valence-corrected chi connectivity index (χ2v) is 7.56. The van der Waals surface area contributed by atoms with Gasteiger partial charge in [-0.15, -0.1) is 0 Å². The first kappa shape index (κ1) is 20.1. The normalized spacial score (nSPS) is 17.6. The Morgan fingerprint density at radius 1 is 1.29 bits per heavy atom. The predicted molar refractivity (Wildman–Crippen MR) is 103 cm³/mol. The number of carbonyl (C=O) groups is 2. The highest BCUT2D eigenvalue weighted by Gasteiger charge is 2.25. The molecule has 0 saturated carbocycles. The van der Waals surface area contributed by atoms with Crippen LogP contribution in [0.15, 0.2) is 6.20 Å². The highest BCUT2D eigenvalue weighted by Crippen LogP contribution is 2.21. The van der Waals surface area contributed by atoms with Crippen LogP contribution in [0, 0.1) is 19.8 Å². The van der Waals surface area contributed by atoms with Gasteiger partial charge in [0.15, 0.2) is 0 Å². The number of carboxylic acids is 1. The topological polar surface area (TPSA) is 105 Å². The minimum Gasteiger partial charge on any atom is -0.478 e. The minimum absolute atomic E-state index is 0.0761. The number of piperidine rings is 1. The SMILES string of the molecule is Cc1nn(C)c(C)c1CN1CCCC(CNC(=O)c2c(C(=O)O)cnn2C)C1. The summed E-state index contributed by atoms with van der Waals surface area (Å²) in [4.78, 5) is 26.2. The van der Waals surface area contributed by atoms with Crippen LogP contribution < -0.4 is 5.32 Å². The average molecular weight is 388 g/mol. The van der Waals surface area contributed by atoms with Crippen molar-refractivity contribution in [3.63, 3.8) is 0 Å². The Morgan fingerprint density at radius 3 is 2.68 bits per heavy atom. The van der Waals surface area contributed by atoms with Crippen molar-refractivity contribution in [2.75, 3.05) is 19.6 Å². The van der Waals surface area contributed by atoms with Gasteiger partial charge < -0.3 is 10.4 Å². The summed E-state index contributed by atoms with van der Waals surface area (Å²) in [6.07, 6.45) is 3.32. The molecule has 0 spiro atoms. The lowest BCUT2D eigenvalue weighted by molar-refractivity contribution is 0.0690. The average Bonchev–Trinajstić information content (AvgIpc) is 3.15. The zero-order valence-corrected chi connectivity index (χ0v) is 16.9. The lowest BCUT2D eigenvalue weighted by Crippen LogP contribution is -2.41. The summed E-state index contributed by atoms with van der Waals surface area (Å²) in [6.45, 7) is 7.43. The number of rotatable bonds is 6. The molecule has 1 fully saturated rings. The van der Waals surface area contributed by atoms with E-state index in [1.807, 2.05) is 18.7 Å². The minimum atomic E-state index is -1.15. The molecule has 2 aromatic heterocycles. The Balaban J connectivity index is 1.59. The molecule has 0 aliphatic carbocycles. The Kier molecular flexibility index (Phi) is 5.83. The molecule has 152 valence electrons. The molecule has 3 heterocycles. The van der Waals surface area contributed by atoms with Crippen molar-refractivity contribution in [2.24, 2.45) is 20.0 Å². The maximum atomic E-state index is 12.5. The van der Waals surface area contributed by atoms with E-state index >= 15 is 0 Å². The monoisotopic (exact) mass is 388 g/mol. The lowest BCUT2D eigenvalue weighted by Gasteiger charge is -2.33. The number of nitrogens with zero attached hydrogens (tertiary/aromatic N) is 5. The molecule has 1 aliphatic rings. The van der Waals surface area contributed by atoms with Crippen LogP contribution in [0.2, 0.25) is 0 Å². The Morgan fingerprint density at radius 2 is 2.04 bits per heavy atom. The molecule has 1 saturated heterocycles. The van der Waals surface area contributed by atoms with Crippen molar-refractivity contribution in [2.45, 2.75) is 33.2 Å². The zero-order valence-electron chi connectivity index (χ0n) is 16.9. The first-order valence-electron chi connectivity index (χ1n) is 9.52. The van der Waals surface area contributed by atoms with E-state index in [1.165, 1.54) is 22.1 Å². The first-order chi connectivity index (χ1) is 13.3. The molecule has 1 aliphatic heterocycles. The van der Waals surface area contributed by atoms with E-state index in [9.17, 15) is 14.7 Å². The van der Waals surface area contributed by atoms with Gasteiger partial charge in [-0.25, -0.2) is 4.79 Å². The molecular weight excluding hydrogens is 360 g/mol. The summed E-state index contributed by atoms with van der Waals surface area (Å²) in [6, 6.07) is 0. The van der Waals surface area contributed by atoms with Crippen molar-refractivity contribution in [1.82, 2.24) is 29.8 Å². The highest BCUT2D eigenvalue weighted by molar-refractivity contribution is 6.03. The summed E-state index contributed by atoms with van der Waals surface area (Å²) in [7, 11) is 3.53. The number of hydrogen-bond acceptors (Lipinski definition) is 5. The molecule has 0 aromatic carbocycles. The Hall–Kier alpha value is -2.68. The fourth-order valence-corrected chi connectivity index (χ4v) is 3.92. The van der Waals surface area contributed by atoms with E-state index in [2.05, 4.69) is 27.3 Å². The summed E-state index contributed by atoms with van der Waals surface area (Å²) in [5, 5.41) is 20.5. The number of carbonyl (C=O) groups excluding carboxylic acids is 1. The van der Waals surface area contributed by atoms with Crippen molar-refractivity contribution < 1.29 is 14.7 Å². The van der Waals surface area contributed by atoms with Crippen LogP contribution in [-0.4, -0.2) is 61.1 Å². The van der Waals surface area contributed by atoms with Crippen LogP contribution in [-0.2, 0) is 20.6 Å². The number of likely N-dealkylation sites (tertiary alicyclic amines) is 1. The van der Waals surface area contributed by atoms with Crippen LogP contribution in [0.1, 0.15) is 50.6 Å². The summed E-state index contributed by atoms with van der Waals surface area (Å²) in [5.74, 6) is -1.21. The number of amides is 1. The number of aromatic carboxylic acids is 1. The number of hydrogen-bond donors (Lipinski definition) is 2. The molecule has 0 radical (unpaired) electrons. The Bertz CT molecular complexity index is 885. The molecular formula is C19H28N6O3. The van der Waals surface area contributed by atoms with Gasteiger partial charge in [-0.05, 0) is 39.2 Å². The van der Waals surface area contributed by atoms with E-state index in [0.717, 1.165) is 38.2 Å². The van der Waals surface area contributed by atoms with Crippen molar-refractivity contribution in [3.05, 3.63) is 34.4 Å². The molecule has 9 heteroatoms. The van der Waals surface area contributed by atoms with Gasteiger partial charge in [0, 0.05) is 45.0 Å². The van der Waals surface area contributed by atoms with Gasteiger partial charge in [0.05, 0.1) is 11.9 Å². The predicted octanol–water partition coefficient (Wildman–Crippen LogP) is 1.11. The molecule has 28 heavy (non-hydrogen) atoms. The van der Waals surface area contributed by atoms with Gasteiger partial charge in [0.25, 0.3) is 5.91 Å². The molecule has 2 N–H and O–H groups in total. The largest absolute Gasteiger partial charge is 0.478 e. The van der Waals surface area contributed by atoms with E-state index in [4.69, 9.17) is 0 Å². The third-order valence-corrected chi connectivity index (χ3v) is 5.58. The molecule has 9 nitrogen and oxygen atoms in total. The quantitative estimate of drug-likeness (QED) is 0.768. The maximum absolute atomic E-state index is 12.5. The molecule has 2 aromatic rings. The number of aromatic nitrogens is 4. The summed E-state index contributed by atoms with van der Waals surface area (Å²) in [5.41, 5.74) is 3.53. The molecule has 1 atom stereocenters. The third kappa shape index (κ3) is 4.09. The fourth-order valence-electron chi connectivity index (χ4n) is 3.92. The van der Waals surface area contributed by atoms with Gasteiger partial charge in [0.2, 0.25) is 0 Å². The second-order valence-electron chi connectivity index (χ2n) is 7.56. The van der Waals surface area contributed by atoms with Gasteiger partial charge in [0.1, 0.15) is 11.3 Å². The maximum Gasteiger partial charge on any atom is 0.339 e. The third-order valence-electron chi connectivity index (χ3n) is 5.58. The standard InChI is InChI=1S/C19H28N6O3/c1-12-16(13(2)23(3)22-12)11-25-7-5-6-14(10-25)8-20-18(26)17-15(19(27)28)9-21-24(17)4/h9,14H,5-8,10-11H2,1-4H3,(H,20,26)(H,27,28). The van der Waals surface area contributed by atoms with E-state index in [-0.39, 0.29) is 11.3 Å². The van der Waals surface area contributed by atoms with Crippen LogP contribution >= 0.6 is 0 Å². The van der Waals surface area contributed by atoms with Gasteiger partial charge in [-0.2, -0.15) is 10.2 Å². The number of nitrogens with one attached hydrogen (secondary N) is 1. The van der Waals surface area contributed by atoms with E-state index < -0.39 is 11.9 Å². The van der Waals surface area contributed by atoms with Crippen molar-refractivity contribution >= 4 is 11.9 Å². The summed E-state index contributed by atoms with van der Waals surface area (Å²) >= 11 is 0. The Labute approximate surface area is 164 Å². The molecule has 1 amide bonds. The van der Waals surface area contributed by atoms with Crippen molar-refractivity contribution in [3.8, 4) is 0 Å². The van der Waals surface area contributed by atoms with Crippen LogP contribution in [0.25, 0.3) is 0 Å². The molecule has 1 unspecified atom stereocenters. The zero-order chi connectivity index (χ0) is 20.4. The second kappa shape index (κ2) is 8.14. The molecule has 3 rings (SSSR count). The fraction of sp³-hybridized carbons (Fsp3) is 0.579. The van der Waals surface area contributed by atoms with Crippen LogP contribution in [0.3, 0.4) is 0 Å². The van der Waals surface area contributed by atoms with Gasteiger partial charge in [-0.3, -0.25) is 19.1 Å². The van der Waals surface area contributed by atoms with Crippen LogP contribution in [0.4, 0.5) is 0 Å². The van der Waals surface area contributed by atoms with Gasteiger partial charge in [-0.1, -0.05) is 0 Å².